The number of hydrogen-bond acceptors (Lipinski definition) is 5. The molecule has 0 saturated heterocycles. The molecule has 6 heteroatoms. The molecular weight excluding hydrogens is 258 g/mol. The minimum Gasteiger partial charge on any atom is -0.361 e. The molecule has 0 aliphatic carbocycles. The molecule has 0 aliphatic heterocycles. The van der Waals surface area contributed by atoms with E-state index in [9.17, 15) is 0 Å². The second kappa shape index (κ2) is 4.62. The Morgan fingerprint density at radius 3 is 2.89 bits per heavy atom. The molecule has 0 aliphatic rings. The van der Waals surface area contributed by atoms with Crippen LogP contribution < -0.4 is 5.32 Å². The third-order valence-corrected chi connectivity index (χ3v) is 4.27. The SMILES string of the molecule is Cc1nc(C)c(C(C)Nc2nccn3nccc23)s1. The molecule has 0 fully saturated rings. The Morgan fingerprint density at radius 2 is 2.16 bits per heavy atom. The van der Waals surface area contributed by atoms with Gasteiger partial charge in [0.2, 0.25) is 0 Å². The molecule has 0 radical (unpaired) electrons. The summed E-state index contributed by atoms with van der Waals surface area (Å²) in [6.07, 6.45) is 5.36. The number of anilines is 1. The first-order chi connectivity index (χ1) is 9.15. The van der Waals surface area contributed by atoms with Crippen LogP contribution in [0.1, 0.15) is 28.5 Å². The molecule has 0 saturated carbocycles. The zero-order valence-electron chi connectivity index (χ0n) is 11.1. The van der Waals surface area contributed by atoms with Crippen molar-refractivity contribution in [3.8, 4) is 0 Å². The first-order valence-electron chi connectivity index (χ1n) is 6.14. The maximum absolute atomic E-state index is 4.47. The lowest BCUT2D eigenvalue weighted by Gasteiger charge is -2.14. The fourth-order valence-electron chi connectivity index (χ4n) is 2.19. The fraction of sp³-hybridized carbons (Fsp3) is 0.308. The number of rotatable bonds is 3. The predicted octanol–water partition coefficient (Wildman–Crippen LogP) is 2.98. The number of aryl methyl sites for hydroxylation is 2. The van der Waals surface area contributed by atoms with Gasteiger partial charge in [-0.1, -0.05) is 0 Å². The van der Waals surface area contributed by atoms with E-state index in [1.165, 1.54) is 4.88 Å². The summed E-state index contributed by atoms with van der Waals surface area (Å²) in [5.74, 6) is 0.845. The van der Waals surface area contributed by atoms with Crippen LogP contribution in [0.2, 0.25) is 0 Å². The Labute approximate surface area is 115 Å². The predicted molar refractivity (Wildman–Crippen MR) is 76.6 cm³/mol. The van der Waals surface area contributed by atoms with Crippen LogP contribution >= 0.6 is 11.3 Å². The highest BCUT2D eigenvalue weighted by atomic mass is 32.1. The average Bonchev–Trinajstić information content (AvgIpc) is 2.96. The highest BCUT2D eigenvalue weighted by Crippen LogP contribution is 2.27. The van der Waals surface area contributed by atoms with Gasteiger partial charge in [-0.3, -0.25) is 0 Å². The van der Waals surface area contributed by atoms with E-state index in [2.05, 4.69) is 27.3 Å². The summed E-state index contributed by atoms with van der Waals surface area (Å²) < 4.78 is 1.81. The highest BCUT2D eigenvalue weighted by molar-refractivity contribution is 7.11. The number of fused-ring (bicyclic) bond motifs is 1. The lowest BCUT2D eigenvalue weighted by Crippen LogP contribution is -2.08. The lowest BCUT2D eigenvalue weighted by molar-refractivity contribution is 0.871. The summed E-state index contributed by atoms with van der Waals surface area (Å²) in [5.41, 5.74) is 2.07. The summed E-state index contributed by atoms with van der Waals surface area (Å²) in [7, 11) is 0. The Bertz CT molecular complexity index is 715. The van der Waals surface area contributed by atoms with Gasteiger partial charge in [0, 0.05) is 17.3 Å². The van der Waals surface area contributed by atoms with Gasteiger partial charge in [0.25, 0.3) is 0 Å². The van der Waals surface area contributed by atoms with E-state index in [0.29, 0.717) is 0 Å². The standard InChI is InChI=1S/C13H15N5S/c1-8-12(19-10(3)16-8)9(2)17-13-11-4-5-15-18(11)7-6-14-13/h4-7,9H,1-3H3,(H,14,17). The fourth-order valence-corrected chi connectivity index (χ4v) is 3.12. The zero-order chi connectivity index (χ0) is 13.4. The largest absolute Gasteiger partial charge is 0.361 e. The first-order valence-corrected chi connectivity index (χ1v) is 6.95. The molecule has 0 bridgehead atoms. The summed E-state index contributed by atoms with van der Waals surface area (Å²) in [6.45, 7) is 6.20. The third kappa shape index (κ3) is 2.19. The summed E-state index contributed by atoms with van der Waals surface area (Å²) in [5, 5.41) is 8.74. The summed E-state index contributed by atoms with van der Waals surface area (Å²) >= 11 is 1.73. The van der Waals surface area contributed by atoms with Crippen LogP contribution in [0, 0.1) is 13.8 Å². The van der Waals surface area contributed by atoms with Crippen LogP contribution in [0.3, 0.4) is 0 Å². The molecule has 1 unspecified atom stereocenters. The van der Waals surface area contributed by atoms with Gasteiger partial charge >= 0.3 is 0 Å². The van der Waals surface area contributed by atoms with Gasteiger partial charge in [0.05, 0.1) is 22.9 Å². The topological polar surface area (TPSA) is 55.1 Å². The zero-order valence-corrected chi connectivity index (χ0v) is 11.9. The van der Waals surface area contributed by atoms with Crippen LogP contribution in [0.4, 0.5) is 5.82 Å². The van der Waals surface area contributed by atoms with E-state index >= 15 is 0 Å². The van der Waals surface area contributed by atoms with Crippen LogP contribution in [0.25, 0.3) is 5.52 Å². The van der Waals surface area contributed by atoms with Gasteiger partial charge in [-0.05, 0) is 26.8 Å². The summed E-state index contributed by atoms with van der Waals surface area (Å²) in [6, 6.07) is 2.13. The first kappa shape index (κ1) is 12.1. The van der Waals surface area contributed by atoms with Gasteiger partial charge in [-0.15, -0.1) is 11.3 Å². The molecule has 1 atom stereocenters. The van der Waals surface area contributed by atoms with Crippen molar-refractivity contribution in [1.82, 2.24) is 19.6 Å². The second-order valence-corrected chi connectivity index (χ2v) is 5.72. The Morgan fingerprint density at radius 1 is 1.32 bits per heavy atom. The molecule has 3 aromatic rings. The number of thiazole rings is 1. The average molecular weight is 273 g/mol. The smallest absolute Gasteiger partial charge is 0.152 e. The molecule has 1 N–H and O–H groups in total. The van der Waals surface area contributed by atoms with Crippen molar-refractivity contribution >= 4 is 22.7 Å². The van der Waals surface area contributed by atoms with E-state index in [-0.39, 0.29) is 6.04 Å². The number of nitrogens with zero attached hydrogens (tertiary/aromatic N) is 4. The second-order valence-electron chi connectivity index (χ2n) is 4.49. The molecular formula is C13H15N5S. The van der Waals surface area contributed by atoms with E-state index in [4.69, 9.17) is 0 Å². The molecule has 0 aromatic carbocycles. The van der Waals surface area contributed by atoms with E-state index in [1.54, 1.807) is 23.7 Å². The molecule has 3 aromatic heterocycles. The molecule has 3 heterocycles. The monoisotopic (exact) mass is 273 g/mol. The van der Waals surface area contributed by atoms with Gasteiger partial charge in [-0.25, -0.2) is 14.5 Å². The van der Waals surface area contributed by atoms with Crippen molar-refractivity contribution < 1.29 is 0 Å². The maximum atomic E-state index is 4.47. The van der Waals surface area contributed by atoms with Crippen molar-refractivity contribution in [3.63, 3.8) is 0 Å². The highest BCUT2D eigenvalue weighted by Gasteiger charge is 2.14. The van der Waals surface area contributed by atoms with Crippen LogP contribution in [0.5, 0.6) is 0 Å². The van der Waals surface area contributed by atoms with E-state index < -0.39 is 0 Å². The molecule has 0 spiro atoms. The molecule has 19 heavy (non-hydrogen) atoms. The van der Waals surface area contributed by atoms with Crippen LogP contribution in [0.15, 0.2) is 24.7 Å². The maximum Gasteiger partial charge on any atom is 0.152 e. The van der Waals surface area contributed by atoms with Crippen LogP contribution in [-0.2, 0) is 0 Å². The Kier molecular flexibility index (Phi) is 2.94. The minimum absolute atomic E-state index is 0.180. The molecule has 3 rings (SSSR count). The number of aromatic nitrogens is 4. The van der Waals surface area contributed by atoms with Crippen molar-refractivity contribution in [2.24, 2.45) is 0 Å². The molecule has 98 valence electrons. The lowest BCUT2D eigenvalue weighted by atomic mass is 10.2. The summed E-state index contributed by atoms with van der Waals surface area (Å²) in [4.78, 5) is 10.1. The van der Waals surface area contributed by atoms with Gasteiger partial charge < -0.3 is 5.32 Å². The normalized spacial score (nSPS) is 12.8. The Hall–Kier alpha value is -1.95. The van der Waals surface area contributed by atoms with Crippen molar-refractivity contribution in [1.29, 1.82) is 0 Å². The van der Waals surface area contributed by atoms with Gasteiger partial charge in [0.1, 0.15) is 5.52 Å². The number of hydrogen-bond donors (Lipinski definition) is 1. The van der Waals surface area contributed by atoms with Gasteiger partial charge in [0.15, 0.2) is 5.82 Å². The van der Waals surface area contributed by atoms with E-state index in [0.717, 1.165) is 22.0 Å². The van der Waals surface area contributed by atoms with Crippen molar-refractivity contribution in [3.05, 3.63) is 40.2 Å². The van der Waals surface area contributed by atoms with Gasteiger partial charge in [-0.2, -0.15) is 5.10 Å². The van der Waals surface area contributed by atoms with Crippen molar-refractivity contribution in [2.45, 2.75) is 26.8 Å². The molecule has 5 nitrogen and oxygen atoms in total. The number of nitrogens with one attached hydrogen (secondary N) is 1. The molecule has 0 amide bonds. The van der Waals surface area contributed by atoms with E-state index in [1.807, 2.05) is 30.6 Å². The Balaban J connectivity index is 1.92. The van der Waals surface area contributed by atoms with Crippen LogP contribution in [-0.4, -0.2) is 19.6 Å². The minimum atomic E-state index is 0.180. The quantitative estimate of drug-likeness (QED) is 0.797. The van der Waals surface area contributed by atoms with Crippen molar-refractivity contribution in [2.75, 3.05) is 5.32 Å². The third-order valence-electron chi connectivity index (χ3n) is 3.01.